The summed E-state index contributed by atoms with van der Waals surface area (Å²) in [6, 6.07) is 0.00310. The van der Waals surface area contributed by atoms with E-state index >= 15 is 0 Å². The summed E-state index contributed by atoms with van der Waals surface area (Å²) in [5.41, 5.74) is 6.09. The lowest BCUT2D eigenvalue weighted by Gasteiger charge is -2.18. The van der Waals surface area contributed by atoms with E-state index in [9.17, 15) is 9.59 Å². The van der Waals surface area contributed by atoms with E-state index < -0.39 is 0 Å². The number of carbonyl (C=O) groups excluding carboxylic acids is 2. The van der Waals surface area contributed by atoms with Crippen LogP contribution in [0, 0.1) is 0 Å². The van der Waals surface area contributed by atoms with Gasteiger partial charge in [0.15, 0.2) is 5.82 Å². The van der Waals surface area contributed by atoms with Crippen molar-refractivity contribution in [3.8, 4) is 0 Å². The Morgan fingerprint density at radius 2 is 2.10 bits per heavy atom. The van der Waals surface area contributed by atoms with Crippen LogP contribution in [0.5, 0.6) is 0 Å². The Kier molecular flexibility index (Phi) is 5.75. The predicted octanol–water partition coefficient (Wildman–Crippen LogP) is 0.436. The van der Waals surface area contributed by atoms with E-state index in [4.69, 9.17) is 5.73 Å². The molecule has 1 heterocycles. The summed E-state index contributed by atoms with van der Waals surface area (Å²) in [5, 5.41) is 6.08. The third-order valence-electron chi connectivity index (χ3n) is 2.45. The summed E-state index contributed by atoms with van der Waals surface area (Å²) in [6.45, 7) is 6.30. The summed E-state index contributed by atoms with van der Waals surface area (Å²) in [5.74, 6) is -0.202. The number of nitrogen functional groups attached to an aromatic ring is 1. The van der Waals surface area contributed by atoms with Crippen LogP contribution in [-0.2, 0) is 4.79 Å². The molecule has 0 aliphatic heterocycles. The van der Waals surface area contributed by atoms with Crippen LogP contribution in [0.15, 0.2) is 0 Å². The molecule has 4 N–H and O–H groups in total. The molecule has 2 amide bonds. The van der Waals surface area contributed by atoms with E-state index in [1.165, 1.54) is 0 Å². The number of nitrogens with zero attached hydrogens (tertiary/aromatic N) is 2. The highest BCUT2D eigenvalue weighted by Crippen LogP contribution is 2.29. The molecule has 0 saturated carbocycles. The van der Waals surface area contributed by atoms with Crippen LogP contribution < -0.4 is 21.3 Å². The van der Waals surface area contributed by atoms with Crippen molar-refractivity contribution in [2.45, 2.75) is 26.8 Å². The highest BCUT2D eigenvalue weighted by molar-refractivity contribution is 7.11. The third kappa shape index (κ3) is 4.09. The van der Waals surface area contributed by atoms with Crippen molar-refractivity contribution in [2.24, 2.45) is 0 Å². The first kappa shape index (κ1) is 16.2. The van der Waals surface area contributed by atoms with Crippen molar-refractivity contribution in [3.63, 3.8) is 0 Å². The van der Waals surface area contributed by atoms with Crippen molar-refractivity contribution in [1.29, 1.82) is 0 Å². The van der Waals surface area contributed by atoms with E-state index in [0.29, 0.717) is 17.1 Å². The van der Waals surface area contributed by atoms with Crippen LogP contribution in [-0.4, -0.2) is 42.4 Å². The lowest BCUT2D eigenvalue weighted by Crippen LogP contribution is -2.36. The first-order chi connectivity index (χ1) is 9.36. The van der Waals surface area contributed by atoms with Gasteiger partial charge in [0.1, 0.15) is 10.6 Å². The molecular formula is C12H21N5O2S. The van der Waals surface area contributed by atoms with Crippen LogP contribution in [0.4, 0.5) is 10.8 Å². The SMILES string of the molecule is CCNC(=O)CN(C)c1snc(N)c1C(=O)NC(C)C. The number of amides is 2. The predicted molar refractivity (Wildman–Crippen MR) is 81.1 cm³/mol. The maximum atomic E-state index is 12.1. The van der Waals surface area contributed by atoms with Crippen molar-refractivity contribution in [3.05, 3.63) is 5.56 Å². The minimum atomic E-state index is -0.274. The number of aromatic nitrogens is 1. The second-order valence-corrected chi connectivity index (χ2v) is 5.44. The highest BCUT2D eigenvalue weighted by atomic mass is 32.1. The van der Waals surface area contributed by atoms with Crippen LogP contribution >= 0.6 is 11.5 Å². The van der Waals surface area contributed by atoms with Crippen molar-refractivity contribution >= 4 is 34.2 Å². The van der Waals surface area contributed by atoms with Crippen molar-refractivity contribution in [2.75, 3.05) is 30.8 Å². The number of hydrogen-bond donors (Lipinski definition) is 3. The molecule has 0 aliphatic carbocycles. The number of nitrogens with one attached hydrogen (secondary N) is 2. The summed E-state index contributed by atoms with van der Waals surface area (Å²) in [6.07, 6.45) is 0. The molecule has 0 spiro atoms. The monoisotopic (exact) mass is 299 g/mol. The van der Waals surface area contributed by atoms with E-state index in [2.05, 4.69) is 15.0 Å². The Balaban J connectivity index is 2.90. The molecule has 0 fully saturated rings. The van der Waals surface area contributed by atoms with E-state index in [-0.39, 0.29) is 30.2 Å². The van der Waals surface area contributed by atoms with Gasteiger partial charge < -0.3 is 21.3 Å². The maximum absolute atomic E-state index is 12.1. The molecule has 1 aromatic heterocycles. The summed E-state index contributed by atoms with van der Waals surface area (Å²) in [7, 11) is 1.73. The van der Waals surface area contributed by atoms with E-state index in [1.807, 2.05) is 20.8 Å². The molecule has 8 heteroatoms. The average molecular weight is 299 g/mol. The first-order valence-corrected chi connectivity index (χ1v) is 7.18. The van der Waals surface area contributed by atoms with Crippen LogP contribution in [0.1, 0.15) is 31.1 Å². The van der Waals surface area contributed by atoms with Gasteiger partial charge in [-0.15, -0.1) is 0 Å². The molecule has 0 unspecified atom stereocenters. The first-order valence-electron chi connectivity index (χ1n) is 6.40. The lowest BCUT2D eigenvalue weighted by molar-refractivity contribution is -0.119. The van der Waals surface area contributed by atoms with Crippen LogP contribution in [0.2, 0.25) is 0 Å². The van der Waals surface area contributed by atoms with Gasteiger partial charge in [-0.3, -0.25) is 9.59 Å². The van der Waals surface area contributed by atoms with Crippen LogP contribution in [0.25, 0.3) is 0 Å². The number of anilines is 2. The highest BCUT2D eigenvalue weighted by Gasteiger charge is 2.23. The molecule has 0 aliphatic rings. The van der Waals surface area contributed by atoms with Gasteiger partial charge in [0.05, 0.1) is 6.54 Å². The lowest BCUT2D eigenvalue weighted by atomic mass is 10.2. The molecule has 0 saturated heterocycles. The van der Waals surface area contributed by atoms with Gasteiger partial charge in [0.2, 0.25) is 5.91 Å². The van der Waals surface area contributed by atoms with Gasteiger partial charge in [-0.05, 0) is 32.3 Å². The quantitative estimate of drug-likeness (QED) is 0.707. The molecule has 20 heavy (non-hydrogen) atoms. The van der Waals surface area contributed by atoms with Gasteiger partial charge in [-0.1, -0.05) is 0 Å². The molecule has 112 valence electrons. The van der Waals surface area contributed by atoms with Crippen molar-refractivity contribution in [1.82, 2.24) is 15.0 Å². The van der Waals surface area contributed by atoms with Gasteiger partial charge in [0.25, 0.3) is 5.91 Å². The van der Waals surface area contributed by atoms with Crippen LogP contribution in [0.3, 0.4) is 0 Å². The zero-order chi connectivity index (χ0) is 15.3. The maximum Gasteiger partial charge on any atom is 0.258 e. The number of nitrogens with two attached hydrogens (primary N) is 1. The zero-order valence-corrected chi connectivity index (χ0v) is 13.0. The molecule has 7 nitrogen and oxygen atoms in total. The fraction of sp³-hybridized carbons (Fsp3) is 0.583. The number of rotatable bonds is 6. The van der Waals surface area contributed by atoms with Gasteiger partial charge >= 0.3 is 0 Å². The fourth-order valence-electron chi connectivity index (χ4n) is 1.64. The Hall–Kier alpha value is -1.83. The standard InChI is InChI=1S/C12H21N5O2S/c1-5-14-8(18)6-17(4)12-9(10(13)16-20-12)11(19)15-7(2)3/h7H,5-6H2,1-4H3,(H2,13,16)(H,14,18)(H,15,19). The minimum absolute atomic E-state index is 0.00310. The molecular weight excluding hydrogens is 278 g/mol. The number of hydrogen-bond acceptors (Lipinski definition) is 6. The van der Waals surface area contributed by atoms with Crippen molar-refractivity contribution < 1.29 is 9.59 Å². The normalized spacial score (nSPS) is 10.4. The molecule has 0 bridgehead atoms. The van der Waals surface area contributed by atoms with Gasteiger partial charge in [-0.25, -0.2) is 0 Å². The van der Waals surface area contributed by atoms with Gasteiger partial charge in [0, 0.05) is 19.6 Å². The summed E-state index contributed by atoms with van der Waals surface area (Å²) >= 11 is 1.11. The molecule has 1 aromatic rings. The Morgan fingerprint density at radius 3 is 2.65 bits per heavy atom. The number of likely N-dealkylation sites (N-methyl/N-ethyl adjacent to an activating group) is 2. The largest absolute Gasteiger partial charge is 0.382 e. The minimum Gasteiger partial charge on any atom is -0.382 e. The molecule has 0 radical (unpaired) electrons. The summed E-state index contributed by atoms with van der Waals surface area (Å²) in [4.78, 5) is 25.4. The summed E-state index contributed by atoms with van der Waals surface area (Å²) < 4.78 is 4.00. The Bertz CT molecular complexity index is 486. The van der Waals surface area contributed by atoms with Gasteiger partial charge in [-0.2, -0.15) is 4.37 Å². The fourth-order valence-corrected chi connectivity index (χ4v) is 2.41. The van der Waals surface area contributed by atoms with E-state index in [1.54, 1.807) is 11.9 Å². The Labute approximate surface area is 122 Å². The zero-order valence-electron chi connectivity index (χ0n) is 12.2. The topological polar surface area (TPSA) is 100 Å². The molecule has 0 aromatic carbocycles. The second-order valence-electron chi connectivity index (χ2n) is 4.69. The third-order valence-corrected chi connectivity index (χ3v) is 3.43. The van der Waals surface area contributed by atoms with E-state index in [0.717, 1.165) is 11.5 Å². The molecule has 0 atom stereocenters. The second kappa shape index (κ2) is 7.09. The number of carbonyl (C=O) groups is 2. The smallest absolute Gasteiger partial charge is 0.258 e. The average Bonchev–Trinajstić information content (AvgIpc) is 2.70. The molecule has 1 rings (SSSR count). The Morgan fingerprint density at radius 1 is 1.45 bits per heavy atom.